The molecule has 3 atom stereocenters. The topological polar surface area (TPSA) is 84.1 Å². The molecule has 0 saturated carbocycles. The Labute approximate surface area is 159 Å². The highest BCUT2D eigenvalue weighted by Crippen LogP contribution is 2.42. The number of piperidine rings is 1. The molecule has 4 heterocycles. The van der Waals surface area contributed by atoms with Crippen LogP contribution in [0.3, 0.4) is 0 Å². The van der Waals surface area contributed by atoms with E-state index in [0.717, 1.165) is 42.9 Å². The molecule has 0 aromatic carbocycles. The van der Waals surface area contributed by atoms with Crippen LogP contribution in [0.1, 0.15) is 49.7 Å². The molecule has 2 aromatic rings. The van der Waals surface area contributed by atoms with Crippen molar-refractivity contribution in [2.24, 2.45) is 0 Å². The smallest absolute Gasteiger partial charge is 0.266 e. The normalized spacial score (nSPS) is 27.8. The molecule has 0 spiro atoms. The summed E-state index contributed by atoms with van der Waals surface area (Å²) in [5.74, 6) is 0.867. The summed E-state index contributed by atoms with van der Waals surface area (Å²) < 4.78 is 1.42. The molecule has 27 heavy (non-hydrogen) atoms. The van der Waals surface area contributed by atoms with Crippen LogP contribution in [0.4, 0.5) is 0 Å². The van der Waals surface area contributed by atoms with Gasteiger partial charge in [-0.2, -0.15) is 5.10 Å². The van der Waals surface area contributed by atoms with Gasteiger partial charge in [-0.3, -0.25) is 9.69 Å². The number of aromatic nitrogens is 4. The molecule has 2 aliphatic heterocycles. The fourth-order valence-corrected chi connectivity index (χ4v) is 4.60. The number of aliphatic hydroxyl groups is 1. The second-order valence-electron chi connectivity index (χ2n) is 8.02. The van der Waals surface area contributed by atoms with E-state index >= 15 is 0 Å². The molecule has 2 aliphatic rings. The monoisotopic (exact) mass is 369 g/mol. The van der Waals surface area contributed by atoms with E-state index in [-0.39, 0.29) is 12.1 Å². The molecule has 2 saturated heterocycles. The first-order chi connectivity index (χ1) is 13.0. The summed E-state index contributed by atoms with van der Waals surface area (Å²) in [7, 11) is 0. The third kappa shape index (κ3) is 3.80. The van der Waals surface area contributed by atoms with Gasteiger partial charge >= 0.3 is 0 Å². The summed E-state index contributed by atoms with van der Waals surface area (Å²) in [6.07, 6.45) is 8.17. The van der Waals surface area contributed by atoms with Crippen molar-refractivity contribution in [2.75, 3.05) is 0 Å². The number of hydrogen-bond donors (Lipinski definition) is 1. The van der Waals surface area contributed by atoms with Gasteiger partial charge in [-0.05, 0) is 38.7 Å². The van der Waals surface area contributed by atoms with Crippen LogP contribution in [-0.4, -0.2) is 47.4 Å². The molecule has 0 amide bonds. The Hall–Kier alpha value is -2.12. The first-order valence-corrected chi connectivity index (χ1v) is 9.78. The molecule has 0 aliphatic carbocycles. The van der Waals surface area contributed by atoms with Gasteiger partial charge < -0.3 is 5.11 Å². The molecule has 7 heteroatoms. The lowest BCUT2D eigenvalue weighted by molar-refractivity contribution is -0.0678. The quantitative estimate of drug-likeness (QED) is 0.859. The van der Waals surface area contributed by atoms with Crippen LogP contribution in [-0.2, 0) is 19.5 Å². The van der Waals surface area contributed by atoms with Crippen molar-refractivity contribution in [3.05, 3.63) is 52.0 Å². The molecule has 4 rings (SSSR count). The van der Waals surface area contributed by atoms with Gasteiger partial charge in [0.2, 0.25) is 0 Å². The standard InChI is InChI=1S/C20H27N5O2/c1-3-18-21-10-15(11-22-18)12-24-16-5-6-17(24)9-20(27,8-16)13-25-19(26)7-4-14(2)23-25/h4,7,10-11,16-17,27H,3,5-6,8-9,12-13H2,1-2H3/t16-,17+,20?. The van der Waals surface area contributed by atoms with Gasteiger partial charge in [0.15, 0.2) is 0 Å². The van der Waals surface area contributed by atoms with Crippen LogP contribution in [0.15, 0.2) is 29.3 Å². The lowest BCUT2D eigenvalue weighted by Gasteiger charge is -2.43. The van der Waals surface area contributed by atoms with Crippen molar-refractivity contribution >= 4 is 0 Å². The highest BCUT2D eigenvalue weighted by Gasteiger charge is 2.47. The van der Waals surface area contributed by atoms with Crippen molar-refractivity contribution in [1.82, 2.24) is 24.6 Å². The first kappa shape index (κ1) is 18.3. The average Bonchev–Trinajstić information content (AvgIpc) is 2.89. The van der Waals surface area contributed by atoms with E-state index < -0.39 is 5.60 Å². The minimum atomic E-state index is -0.879. The van der Waals surface area contributed by atoms with Crippen LogP contribution in [0.25, 0.3) is 0 Å². The number of aryl methyl sites for hydroxylation is 2. The van der Waals surface area contributed by atoms with Crippen molar-refractivity contribution in [1.29, 1.82) is 0 Å². The molecule has 144 valence electrons. The van der Waals surface area contributed by atoms with Crippen LogP contribution < -0.4 is 5.56 Å². The van der Waals surface area contributed by atoms with Gasteiger partial charge in [0.05, 0.1) is 17.8 Å². The number of hydrogen-bond acceptors (Lipinski definition) is 6. The van der Waals surface area contributed by atoms with Crippen LogP contribution in [0, 0.1) is 6.92 Å². The fourth-order valence-electron chi connectivity index (χ4n) is 4.60. The van der Waals surface area contributed by atoms with Crippen molar-refractivity contribution in [3.8, 4) is 0 Å². The molecule has 2 fully saturated rings. The summed E-state index contributed by atoms with van der Waals surface area (Å²) in [4.78, 5) is 23.4. The van der Waals surface area contributed by atoms with Gasteiger partial charge in [0.25, 0.3) is 5.56 Å². The van der Waals surface area contributed by atoms with E-state index in [1.807, 2.05) is 19.3 Å². The van der Waals surface area contributed by atoms with Gasteiger partial charge in [0.1, 0.15) is 5.82 Å². The summed E-state index contributed by atoms with van der Waals surface area (Å²) >= 11 is 0. The third-order valence-corrected chi connectivity index (χ3v) is 5.89. The highest BCUT2D eigenvalue weighted by atomic mass is 16.3. The van der Waals surface area contributed by atoms with E-state index in [2.05, 4.69) is 26.9 Å². The summed E-state index contributed by atoms with van der Waals surface area (Å²) in [5.41, 5.74) is 0.868. The Balaban J connectivity index is 1.47. The zero-order valence-corrected chi connectivity index (χ0v) is 16.0. The highest BCUT2D eigenvalue weighted by molar-refractivity contribution is 5.10. The zero-order valence-electron chi connectivity index (χ0n) is 16.0. The zero-order chi connectivity index (χ0) is 19.0. The predicted octanol–water partition coefficient (Wildman–Crippen LogP) is 1.46. The molecule has 1 N–H and O–H groups in total. The third-order valence-electron chi connectivity index (χ3n) is 5.89. The summed E-state index contributed by atoms with van der Waals surface area (Å²) in [6.45, 7) is 4.99. The second-order valence-corrected chi connectivity index (χ2v) is 8.02. The Morgan fingerprint density at radius 2 is 1.85 bits per heavy atom. The predicted molar refractivity (Wildman–Crippen MR) is 101 cm³/mol. The SMILES string of the molecule is CCc1ncc(CN2[C@@H]3CC[C@H]2CC(O)(Cn2nc(C)ccc2=O)C3)cn1. The number of fused-ring (bicyclic) bond motifs is 2. The molecule has 1 unspecified atom stereocenters. The molecule has 2 bridgehead atoms. The molecular weight excluding hydrogens is 342 g/mol. The Kier molecular flexibility index (Phi) is 4.82. The largest absolute Gasteiger partial charge is 0.388 e. The van der Waals surface area contributed by atoms with E-state index in [1.165, 1.54) is 10.7 Å². The van der Waals surface area contributed by atoms with Gasteiger partial charge in [0, 0.05) is 49.1 Å². The summed E-state index contributed by atoms with van der Waals surface area (Å²) in [5, 5.41) is 15.5. The number of nitrogens with zero attached hydrogens (tertiary/aromatic N) is 5. The maximum atomic E-state index is 12.1. The summed E-state index contributed by atoms with van der Waals surface area (Å²) in [6, 6.07) is 3.87. The molecule has 0 radical (unpaired) electrons. The maximum Gasteiger partial charge on any atom is 0.266 e. The van der Waals surface area contributed by atoms with E-state index in [9.17, 15) is 9.90 Å². The van der Waals surface area contributed by atoms with E-state index in [0.29, 0.717) is 24.9 Å². The minimum absolute atomic E-state index is 0.156. The average molecular weight is 369 g/mol. The first-order valence-electron chi connectivity index (χ1n) is 9.78. The minimum Gasteiger partial charge on any atom is -0.388 e. The number of rotatable bonds is 5. The van der Waals surface area contributed by atoms with Crippen LogP contribution in [0.2, 0.25) is 0 Å². The second kappa shape index (κ2) is 7.13. The van der Waals surface area contributed by atoms with Gasteiger partial charge in [-0.1, -0.05) is 6.92 Å². The van der Waals surface area contributed by atoms with Crippen LogP contribution >= 0.6 is 0 Å². The van der Waals surface area contributed by atoms with Crippen LogP contribution in [0.5, 0.6) is 0 Å². The Morgan fingerprint density at radius 3 is 2.48 bits per heavy atom. The molecule has 7 nitrogen and oxygen atoms in total. The van der Waals surface area contributed by atoms with Crippen molar-refractivity contribution in [3.63, 3.8) is 0 Å². The Bertz CT molecular complexity index is 849. The maximum absolute atomic E-state index is 12.1. The Morgan fingerprint density at radius 1 is 1.19 bits per heavy atom. The van der Waals surface area contributed by atoms with Gasteiger partial charge in [-0.15, -0.1) is 0 Å². The lowest BCUT2D eigenvalue weighted by atomic mass is 9.85. The van der Waals surface area contributed by atoms with E-state index in [4.69, 9.17) is 0 Å². The van der Waals surface area contributed by atoms with E-state index in [1.54, 1.807) is 6.07 Å². The molecular formula is C20H27N5O2. The van der Waals surface area contributed by atoms with Crippen molar-refractivity contribution in [2.45, 2.75) is 76.7 Å². The lowest BCUT2D eigenvalue weighted by Crippen LogP contribution is -2.53. The molecule has 2 aromatic heterocycles. The van der Waals surface area contributed by atoms with Crippen molar-refractivity contribution < 1.29 is 5.11 Å². The fraction of sp³-hybridized carbons (Fsp3) is 0.600. The van der Waals surface area contributed by atoms with Gasteiger partial charge in [-0.25, -0.2) is 14.6 Å².